The van der Waals surface area contributed by atoms with E-state index in [0.29, 0.717) is 22.8 Å². The Morgan fingerprint density at radius 3 is 2.39 bits per heavy atom. The topological polar surface area (TPSA) is 89.2 Å². The van der Waals surface area contributed by atoms with Crippen molar-refractivity contribution >= 4 is 17.4 Å². The van der Waals surface area contributed by atoms with Crippen LogP contribution < -0.4 is 9.47 Å². The summed E-state index contributed by atoms with van der Waals surface area (Å²) in [5, 5.41) is 11.0. The van der Waals surface area contributed by atoms with Crippen LogP contribution >= 0.6 is 0 Å². The molecule has 0 aliphatic carbocycles. The van der Waals surface area contributed by atoms with Gasteiger partial charge in [-0.3, -0.25) is 9.59 Å². The number of hydrogen-bond donors (Lipinski definition) is 1. The Labute approximate surface area is 179 Å². The van der Waals surface area contributed by atoms with Crippen LogP contribution in [-0.4, -0.2) is 35.9 Å². The van der Waals surface area contributed by atoms with Gasteiger partial charge in [0.05, 0.1) is 26.1 Å². The first-order chi connectivity index (χ1) is 15.0. The van der Waals surface area contributed by atoms with E-state index in [-0.39, 0.29) is 17.9 Å². The highest BCUT2D eigenvalue weighted by Crippen LogP contribution is 2.40. The van der Waals surface area contributed by atoms with Crippen molar-refractivity contribution in [2.24, 2.45) is 0 Å². The van der Waals surface area contributed by atoms with Gasteiger partial charge in [0, 0.05) is 12.1 Å². The molecule has 7 nitrogen and oxygen atoms in total. The number of furan rings is 1. The third-order valence-corrected chi connectivity index (χ3v) is 5.18. The van der Waals surface area contributed by atoms with Crippen LogP contribution in [0, 0.1) is 0 Å². The molecule has 0 spiro atoms. The maximum Gasteiger partial charge on any atom is 0.296 e. The lowest BCUT2D eigenvalue weighted by molar-refractivity contribution is -0.140. The minimum Gasteiger partial charge on any atom is -0.507 e. The van der Waals surface area contributed by atoms with Crippen molar-refractivity contribution in [1.29, 1.82) is 0 Å². The Hall–Kier alpha value is -4.00. The maximum absolute atomic E-state index is 13.0. The zero-order valence-corrected chi connectivity index (χ0v) is 17.1. The Morgan fingerprint density at radius 1 is 1.00 bits per heavy atom. The van der Waals surface area contributed by atoms with Gasteiger partial charge in [-0.25, -0.2) is 0 Å². The number of carbonyl (C=O) groups excluding carboxylic acids is 2. The molecule has 0 saturated carbocycles. The quantitative estimate of drug-likeness (QED) is 0.370. The number of nitrogens with zero attached hydrogens (tertiary/aromatic N) is 1. The average molecular weight is 419 g/mol. The third kappa shape index (κ3) is 3.77. The molecular weight excluding hydrogens is 398 g/mol. The zero-order valence-electron chi connectivity index (χ0n) is 17.1. The zero-order chi connectivity index (χ0) is 22.0. The van der Waals surface area contributed by atoms with E-state index in [1.165, 1.54) is 18.3 Å². The molecule has 1 N–H and O–H groups in total. The summed E-state index contributed by atoms with van der Waals surface area (Å²) in [4.78, 5) is 27.4. The lowest BCUT2D eigenvalue weighted by Gasteiger charge is -2.23. The lowest BCUT2D eigenvalue weighted by atomic mass is 9.99. The van der Waals surface area contributed by atoms with Crippen LogP contribution in [0.4, 0.5) is 0 Å². The normalized spacial score (nSPS) is 17.7. The van der Waals surface area contributed by atoms with E-state index in [0.717, 1.165) is 5.56 Å². The fourth-order valence-electron chi connectivity index (χ4n) is 3.68. The second kappa shape index (κ2) is 8.39. The van der Waals surface area contributed by atoms with E-state index < -0.39 is 17.7 Å². The minimum atomic E-state index is -0.868. The first-order valence-corrected chi connectivity index (χ1v) is 9.62. The van der Waals surface area contributed by atoms with E-state index in [2.05, 4.69) is 0 Å². The molecule has 1 aromatic heterocycles. The maximum atomic E-state index is 13.0. The van der Waals surface area contributed by atoms with Crippen LogP contribution in [0.3, 0.4) is 0 Å². The fraction of sp³-hybridized carbons (Fsp3) is 0.167. The number of Topliss-reactive ketones (excluding diaryl/α,β-unsaturated/α-hetero) is 1. The summed E-state index contributed by atoms with van der Waals surface area (Å²) in [6.07, 6.45) is 1.46. The highest BCUT2D eigenvalue weighted by molar-refractivity contribution is 6.46. The van der Waals surface area contributed by atoms with Gasteiger partial charge < -0.3 is 23.9 Å². The first kappa shape index (κ1) is 20.3. The van der Waals surface area contributed by atoms with Crippen LogP contribution in [0.1, 0.15) is 22.9 Å². The minimum absolute atomic E-state index is 0.0314. The molecule has 1 saturated heterocycles. The highest BCUT2D eigenvalue weighted by atomic mass is 16.5. The van der Waals surface area contributed by atoms with Gasteiger partial charge in [-0.15, -0.1) is 0 Å². The van der Waals surface area contributed by atoms with Crippen molar-refractivity contribution in [1.82, 2.24) is 4.90 Å². The molecule has 2 heterocycles. The van der Waals surface area contributed by atoms with E-state index >= 15 is 0 Å². The van der Waals surface area contributed by atoms with Gasteiger partial charge in [0.25, 0.3) is 11.7 Å². The van der Waals surface area contributed by atoms with Crippen LogP contribution in [0.5, 0.6) is 11.5 Å². The number of methoxy groups -OCH3 is 2. The summed E-state index contributed by atoms with van der Waals surface area (Å²) in [6.45, 7) is 0.141. The molecule has 4 rings (SSSR count). The molecular formula is C24H21NO6. The number of benzene rings is 2. The summed E-state index contributed by atoms with van der Waals surface area (Å²) in [5.74, 6) is -0.235. The third-order valence-electron chi connectivity index (χ3n) is 5.18. The number of hydrogen-bond acceptors (Lipinski definition) is 6. The number of carbonyl (C=O) groups is 2. The second-order valence-corrected chi connectivity index (χ2v) is 7.03. The van der Waals surface area contributed by atoms with Gasteiger partial charge >= 0.3 is 0 Å². The van der Waals surface area contributed by atoms with E-state index in [1.54, 1.807) is 55.6 Å². The van der Waals surface area contributed by atoms with Crippen LogP contribution in [0.15, 0.2) is 76.9 Å². The summed E-state index contributed by atoms with van der Waals surface area (Å²) >= 11 is 0. The molecule has 0 radical (unpaired) electrons. The molecule has 1 aliphatic heterocycles. The van der Waals surface area contributed by atoms with Crippen molar-refractivity contribution < 1.29 is 28.6 Å². The Balaban J connectivity index is 1.81. The highest BCUT2D eigenvalue weighted by Gasteiger charge is 2.47. The van der Waals surface area contributed by atoms with Gasteiger partial charge in [-0.05, 0) is 42.0 Å². The molecule has 1 aliphatic rings. The fourth-order valence-corrected chi connectivity index (χ4v) is 3.68. The monoisotopic (exact) mass is 419 g/mol. The molecule has 0 bridgehead atoms. The van der Waals surface area contributed by atoms with Crippen molar-refractivity contribution in [3.8, 4) is 11.5 Å². The van der Waals surface area contributed by atoms with Crippen molar-refractivity contribution in [3.05, 3.63) is 89.4 Å². The largest absolute Gasteiger partial charge is 0.507 e. The molecule has 2 aromatic carbocycles. The summed E-state index contributed by atoms with van der Waals surface area (Å²) in [6, 6.07) is 16.4. The van der Waals surface area contributed by atoms with Gasteiger partial charge in [-0.2, -0.15) is 0 Å². The first-order valence-electron chi connectivity index (χ1n) is 9.62. The number of ether oxygens (including phenoxy) is 2. The van der Waals surface area contributed by atoms with E-state index in [1.807, 2.05) is 12.1 Å². The van der Waals surface area contributed by atoms with E-state index in [9.17, 15) is 14.7 Å². The molecule has 1 atom stereocenters. The lowest BCUT2D eigenvalue weighted by Crippen LogP contribution is -2.29. The summed E-state index contributed by atoms with van der Waals surface area (Å²) in [5.41, 5.74) is 1.12. The van der Waals surface area contributed by atoms with Crippen molar-refractivity contribution in [2.45, 2.75) is 12.6 Å². The Bertz CT molecular complexity index is 1150. The van der Waals surface area contributed by atoms with Gasteiger partial charge in [0.15, 0.2) is 0 Å². The van der Waals surface area contributed by atoms with Crippen molar-refractivity contribution in [3.63, 3.8) is 0 Å². The Morgan fingerprint density at radius 2 is 1.71 bits per heavy atom. The van der Waals surface area contributed by atoms with Gasteiger partial charge in [0.2, 0.25) is 0 Å². The number of rotatable bonds is 6. The smallest absolute Gasteiger partial charge is 0.296 e. The summed E-state index contributed by atoms with van der Waals surface area (Å²) < 4.78 is 16.0. The molecule has 1 fully saturated rings. The summed E-state index contributed by atoms with van der Waals surface area (Å²) in [7, 11) is 3.07. The van der Waals surface area contributed by atoms with E-state index in [4.69, 9.17) is 13.9 Å². The van der Waals surface area contributed by atoms with Crippen molar-refractivity contribution in [2.75, 3.05) is 14.2 Å². The molecule has 7 heteroatoms. The molecule has 158 valence electrons. The molecule has 1 amide bonds. The predicted octanol–water partition coefficient (Wildman–Crippen LogP) is 3.92. The molecule has 1 unspecified atom stereocenters. The average Bonchev–Trinajstić information content (AvgIpc) is 3.41. The number of likely N-dealkylation sites (tertiary alicyclic amines) is 1. The number of amides is 1. The SMILES string of the molecule is COc1cccc(CN2C(=O)C(=O)/C(=C(\O)c3cccc(OC)c3)C2c2ccco2)c1. The molecule has 31 heavy (non-hydrogen) atoms. The Kier molecular flexibility index (Phi) is 5.49. The second-order valence-electron chi connectivity index (χ2n) is 7.03. The predicted molar refractivity (Wildman–Crippen MR) is 113 cm³/mol. The van der Waals surface area contributed by atoms with Crippen LogP contribution in [0.25, 0.3) is 5.76 Å². The molecule has 3 aromatic rings. The number of ketones is 1. The van der Waals surface area contributed by atoms with Gasteiger partial charge in [0.1, 0.15) is 29.1 Å². The number of aliphatic hydroxyl groups excluding tert-OH is 1. The van der Waals surface area contributed by atoms with Gasteiger partial charge in [-0.1, -0.05) is 24.3 Å². The van der Waals surface area contributed by atoms with Crippen LogP contribution in [0.2, 0.25) is 0 Å². The van der Waals surface area contributed by atoms with Crippen LogP contribution in [-0.2, 0) is 16.1 Å². The standard InChI is InChI=1S/C24H21NO6/c1-29-17-8-3-6-15(12-17)14-25-21(19-10-5-11-31-19)20(23(27)24(25)28)22(26)16-7-4-9-18(13-16)30-2/h3-13,21,26H,14H2,1-2H3/b22-20-. The number of aliphatic hydroxyl groups is 1.